The van der Waals surface area contributed by atoms with Crippen LogP contribution in [0.15, 0.2) is 24.3 Å². The van der Waals surface area contributed by atoms with Gasteiger partial charge in [0.05, 0.1) is 11.7 Å². The highest BCUT2D eigenvalue weighted by molar-refractivity contribution is 5.78. The molecule has 162 valence electrons. The number of rotatable bonds is 11. The van der Waals surface area contributed by atoms with Crippen molar-refractivity contribution in [1.29, 1.82) is 0 Å². The first-order chi connectivity index (χ1) is 13.7. The smallest absolute Gasteiger partial charge is 0.416 e. The van der Waals surface area contributed by atoms with Crippen molar-refractivity contribution in [1.82, 2.24) is 4.90 Å². The summed E-state index contributed by atoms with van der Waals surface area (Å²) in [6.45, 7) is 0.593. The van der Waals surface area contributed by atoms with Gasteiger partial charge in [-0.05, 0) is 49.8 Å². The number of halogens is 3. The Morgan fingerprint density at radius 1 is 1.21 bits per heavy atom. The van der Waals surface area contributed by atoms with E-state index in [1.807, 2.05) is 0 Å². The maximum Gasteiger partial charge on any atom is 0.416 e. The number of amides is 1. The van der Waals surface area contributed by atoms with Crippen molar-refractivity contribution in [2.24, 2.45) is 0 Å². The summed E-state index contributed by atoms with van der Waals surface area (Å²) in [5.74, 6) is -0.742. The summed E-state index contributed by atoms with van der Waals surface area (Å²) in [6.07, 6.45) is -0.302. The molecule has 29 heavy (non-hydrogen) atoms. The van der Waals surface area contributed by atoms with Gasteiger partial charge in [-0.1, -0.05) is 25.0 Å². The third kappa shape index (κ3) is 7.34. The van der Waals surface area contributed by atoms with E-state index >= 15 is 0 Å². The van der Waals surface area contributed by atoms with Crippen molar-refractivity contribution in [3.05, 3.63) is 35.4 Å². The van der Waals surface area contributed by atoms with E-state index < -0.39 is 23.8 Å². The highest BCUT2D eigenvalue weighted by atomic mass is 19.4. The topological polar surface area (TPSA) is 77.8 Å². The molecule has 1 aliphatic rings. The highest BCUT2D eigenvalue weighted by Gasteiger charge is 2.32. The van der Waals surface area contributed by atoms with Gasteiger partial charge in [0.2, 0.25) is 5.91 Å². The number of nitrogens with zero attached hydrogens (tertiary/aromatic N) is 1. The van der Waals surface area contributed by atoms with Crippen LogP contribution in [-0.2, 0) is 15.8 Å². The van der Waals surface area contributed by atoms with Crippen LogP contribution in [0, 0.1) is 0 Å². The van der Waals surface area contributed by atoms with Crippen LogP contribution in [0.25, 0.3) is 0 Å². The largest absolute Gasteiger partial charge is 0.481 e. The zero-order valence-corrected chi connectivity index (χ0v) is 16.3. The lowest BCUT2D eigenvalue weighted by molar-refractivity contribution is -0.138. The van der Waals surface area contributed by atoms with Crippen LogP contribution in [0.5, 0.6) is 0 Å². The number of carboxylic acid groups (broad SMARTS) is 1. The van der Waals surface area contributed by atoms with Crippen molar-refractivity contribution < 1.29 is 33.0 Å². The Hall–Kier alpha value is -2.09. The second-order valence-corrected chi connectivity index (χ2v) is 7.55. The molecule has 0 bridgehead atoms. The summed E-state index contributed by atoms with van der Waals surface area (Å²) in [5.41, 5.74) is -0.552. The lowest BCUT2D eigenvalue weighted by Gasteiger charge is -2.26. The molecule has 1 amide bonds. The Labute approximate surface area is 168 Å². The molecule has 0 unspecified atom stereocenters. The van der Waals surface area contributed by atoms with Gasteiger partial charge in [-0.25, -0.2) is 0 Å². The molecule has 2 rings (SSSR count). The first-order valence-electron chi connectivity index (χ1n) is 10.0. The molecule has 1 heterocycles. The van der Waals surface area contributed by atoms with Crippen molar-refractivity contribution in [3.8, 4) is 0 Å². The minimum Gasteiger partial charge on any atom is -0.481 e. The predicted octanol–water partition coefficient (Wildman–Crippen LogP) is 4.55. The van der Waals surface area contributed by atoms with Crippen LogP contribution in [-0.4, -0.2) is 39.6 Å². The van der Waals surface area contributed by atoms with Crippen LogP contribution in [0.3, 0.4) is 0 Å². The van der Waals surface area contributed by atoms with E-state index in [9.17, 15) is 27.9 Å². The minimum absolute atomic E-state index is 0.0121. The third-order valence-corrected chi connectivity index (χ3v) is 5.36. The lowest BCUT2D eigenvalue weighted by atomic mass is 9.99. The van der Waals surface area contributed by atoms with Gasteiger partial charge in [0.1, 0.15) is 0 Å². The molecular weight excluding hydrogens is 387 g/mol. The number of aliphatic hydroxyl groups excluding tert-OH is 1. The molecule has 2 N–H and O–H groups in total. The number of carbonyl (C=O) groups is 2. The average molecular weight is 415 g/mol. The van der Waals surface area contributed by atoms with Gasteiger partial charge in [-0.15, -0.1) is 0 Å². The second-order valence-electron chi connectivity index (χ2n) is 7.55. The fourth-order valence-electron chi connectivity index (χ4n) is 3.75. The van der Waals surface area contributed by atoms with Crippen LogP contribution < -0.4 is 0 Å². The second kappa shape index (κ2) is 10.6. The highest BCUT2D eigenvalue weighted by Crippen LogP contribution is 2.32. The summed E-state index contributed by atoms with van der Waals surface area (Å²) in [4.78, 5) is 24.4. The van der Waals surface area contributed by atoms with E-state index in [0.717, 1.165) is 31.4 Å². The number of carboxylic acids is 1. The number of benzene rings is 1. The van der Waals surface area contributed by atoms with Crippen LogP contribution in [0.1, 0.15) is 75.0 Å². The van der Waals surface area contributed by atoms with Crippen molar-refractivity contribution >= 4 is 11.9 Å². The molecule has 0 aliphatic carbocycles. The van der Waals surface area contributed by atoms with Crippen molar-refractivity contribution in [2.45, 2.75) is 76.1 Å². The maximum absolute atomic E-state index is 12.8. The molecule has 0 saturated carbocycles. The van der Waals surface area contributed by atoms with Crippen molar-refractivity contribution in [3.63, 3.8) is 0 Å². The number of likely N-dealkylation sites (tertiary alicyclic amines) is 1. The van der Waals surface area contributed by atoms with Crippen LogP contribution >= 0.6 is 0 Å². The molecule has 5 nitrogen and oxygen atoms in total. The van der Waals surface area contributed by atoms with E-state index in [0.29, 0.717) is 32.2 Å². The molecule has 1 fully saturated rings. The van der Waals surface area contributed by atoms with Gasteiger partial charge in [0.25, 0.3) is 0 Å². The molecular formula is C21H28F3NO4. The van der Waals surface area contributed by atoms with Gasteiger partial charge in [-0.3, -0.25) is 9.59 Å². The number of carbonyl (C=O) groups excluding carboxylic acids is 1. The molecule has 0 radical (unpaired) electrons. The summed E-state index contributed by atoms with van der Waals surface area (Å²) >= 11 is 0. The van der Waals surface area contributed by atoms with Gasteiger partial charge < -0.3 is 15.1 Å². The monoisotopic (exact) mass is 415 g/mol. The van der Waals surface area contributed by atoms with Gasteiger partial charge >= 0.3 is 12.1 Å². The Kier molecular flexibility index (Phi) is 8.49. The zero-order valence-electron chi connectivity index (χ0n) is 16.3. The van der Waals surface area contributed by atoms with Crippen LogP contribution in [0.2, 0.25) is 0 Å². The first-order valence-corrected chi connectivity index (χ1v) is 10.0. The van der Waals surface area contributed by atoms with E-state index in [2.05, 4.69) is 0 Å². The minimum atomic E-state index is -4.45. The molecule has 2 atom stereocenters. The SMILES string of the molecule is O=C(O)CCCCCCN1C(=O)CC[C@@H]1CC[C@@H](O)c1cccc(C(F)(F)F)c1. The quantitative estimate of drug-likeness (QED) is 0.520. The van der Waals surface area contributed by atoms with E-state index in [1.165, 1.54) is 12.1 Å². The predicted molar refractivity (Wildman–Crippen MR) is 101 cm³/mol. The molecule has 1 aliphatic heterocycles. The van der Waals surface area contributed by atoms with Gasteiger partial charge in [0.15, 0.2) is 0 Å². The summed E-state index contributed by atoms with van der Waals surface area (Å²) in [7, 11) is 0. The fraction of sp³-hybridized carbons (Fsp3) is 0.619. The molecule has 0 aromatic heterocycles. The van der Waals surface area contributed by atoms with Crippen molar-refractivity contribution in [2.75, 3.05) is 6.54 Å². The zero-order chi connectivity index (χ0) is 21.4. The van der Waals surface area contributed by atoms with Gasteiger partial charge in [0, 0.05) is 25.4 Å². The third-order valence-electron chi connectivity index (χ3n) is 5.36. The Morgan fingerprint density at radius 3 is 2.62 bits per heavy atom. The Bertz CT molecular complexity index is 693. The van der Waals surface area contributed by atoms with Gasteiger partial charge in [-0.2, -0.15) is 13.2 Å². The average Bonchev–Trinajstić information content (AvgIpc) is 3.01. The normalized spacial score (nSPS) is 18.3. The standard InChI is InChI=1S/C21H28F3NO4/c22-21(23,24)16-7-5-6-15(14-16)18(26)11-9-17-10-12-19(27)25(17)13-4-2-1-3-8-20(28)29/h5-7,14,17-18,26H,1-4,8-13H2,(H,28,29)/t17-,18+/m0/s1. The number of aliphatic carboxylic acids is 1. The van der Waals surface area contributed by atoms with E-state index in [4.69, 9.17) is 5.11 Å². The molecule has 1 aromatic rings. The molecule has 0 spiro atoms. The Balaban J connectivity index is 1.81. The molecule has 8 heteroatoms. The summed E-state index contributed by atoms with van der Waals surface area (Å²) in [5, 5.41) is 18.9. The number of aliphatic hydroxyl groups is 1. The number of unbranched alkanes of at least 4 members (excludes halogenated alkanes) is 3. The first kappa shape index (κ1) is 23.2. The summed E-state index contributed by atoms with van der Waals surface area (Å²) < 4.78 is 38.5. The molecule has 1 saturated heterocycles. The number of alkyl halides is 3. The van der Waals surface area contributed by atoms with E-state index in [-0.39, 0.29) is 30.4 Å². The fourth-order valence-corrected chi connectivity index (χ4v) is 3.75. The summed E-state index contributed by atoms with van der Waals surface area (Å²) in [6, 6.07) is 4.71. The Morgan fingerprint density at radius 2 is 1.93 bits per heavy atom. The number of hydrogen-bond donors (Lipinski definition) is 2. The van der Waals surface area contributed by atoms with E-state index in [1.54, 1.807) is 4.90 Å². The molecule has 1 aromatic carbocycles. The lowest BCUT2D eigenvalue weighted by Crippen LogP contribution is -2.34. The number of hydrogen-bond acceptors (Lipinski definition) is 3. The maximum atomic E-state index is 12.8. The van der Waals surface area contributed by atoms with Crippen LogP contribution in [0.4, 0.5) is 13.2 Å².